The smallest absolute Gasteiger partial charge is 0.261 e. The zero-order valence-electron chi connectivity index (χ0n) is 13.3. The van der Waals surface area contributed by atoms with E-state index in [-0.39, 0.29) is 18.0 Å². The summed E-state index contributed by atoms with van der Waals surface area (Å²) in [5.74, 6) is -0.337. The number of nitriles is 1. The minimum Gasteiger partial charge on any atom is -0.315 e. The van der Waals surface area contributed by atoms with Crippen LogP contribution in [0.25, 0.3) is 10.9 Å². The Bertz CT molecular complexity index is 1090. The van der Waals surface area contributed by atoms with Gasteiger partial charge in [0.05, 0.1) is 22.8 Å². The number of benzene rings is 1. The van der Waals surface area contributed by atoms with E-state index in [0.29, 0.717) is 21.5 Å². The van der Waals surface area contributed by atoms with Crippen LogP contribution in [0.15, 0.2) is 35.4 Å². The van der Waals surface area contributed by atoms with Crippen molar-refractivity contribution in [3.8, 4) is 6.07 Å². The van der Waals surface area contributed by atoms with Crippen LogP contribution in [0, 0.1) is 11.3 Å². The zero-order valence-corrected chi connectivity index (χ0v) is 14.1. The summed E-state index contributed by atoms with van der Waals surface area (Å²) in [4.78, 5) is 30.2. The fraction of sp³-hybridized carbons (Fsp3) is 0.222. The van der Waals surface area contributed by atoms with E-state index in [4.69, 9.17) is 0 Å². The zero-order chi connectivity index (χ0) is 17.4. The Kier molecular flexibility index (Phi) is 3.82. The van der Waals surface area contributed by atoms with Gasteiger partial charge in [0.1, 0.15) is 17.6 Å². The number of aromatic nitrogens is 2. The van der Waals surface area contributed by atoms with Crippen molar-refractivity contribution in [3.63, 3.8) is 0 Å². The number of aryl methyl sites for hydroxylation is 1. The molecule has 3 aromatic rings. The van der Waals surface area contributed by atoms with Crippen molar-refractivity contribution in [2.75, 3.05) is 5.32 Å². The van der Waals surface area contributed by atoms with Crippen molar-refractivity contribution in [2.45, 2.75) is 25.8 Å². The first-order valence-electron chi connectivity index (χ1n) is 7.96. The minimum atomic E-state index is -0.337. The third kappa shape index (κ3) is 2.71. The molecule has 1 N–H and O–H groups in total. The van der Waals surface area contributed by atoms with Crippen molar-refractivity contribution >= 4 is 33.1 Å². The summed E-state index contributed by atoms with van der Waals surface area (Å²) in [7, 11) is 0. The van der Waals surface area contributed by atoms with Crippen molar-refractivity contribution in [1.82, 2.24) is 9.55 Å². The maximum atomic E-state index is 12.4. The fourth-order valence-corrected chi connectivity index (χ4v) is 4.41. The summed E-state index contributed by atoms with van der Waals surface area (Å²) in [5, 5.41) is 13.2. The van der Waals surface area contributed by atoms with E-state index in [1.54, 1.807) is 18.2 Å². The van der Waals surface area contributed by atoms with Crippen LogP contribution in [-0.4, -0.2) is 15.5 Å². The van der Waals surface area contributed by atoms with Crippen molar-refractivity contribution in [3.05, 3.63) is 57.0 Å². The van der Waals surface area contributed by atoms with Crippen LogP contribution < -0.4 is 10.9 Å². The Morgan fingerprint density at radius 3 is 3.04 bits per heavy atom. The second-order valence-corrected chi connectivity index (χ2v) is 7.02. The number of amides is 1. The monoisotopic (exact) mass is 350 g/mol. The minimum absolute atomic E-state index is 0.135. The van der Waals surface area contributed by atoms with E-state index in [1.807, 2.05) is 6.07 Å². The van der Waals surface area contributed by atoms with Gasteiger partial charge in [-0.2, -0.15) is 5.26 Å². The van der Waals surface area contributed by atoms with Gasteiger partial charge in [-0.05, 0) is 37.0 Å². The number of hydrogen-bond acceptors (Lipinski definition) is 5. The third-order valence-electron chi connectivity index (χ3n) is 4.33. The molecule has 124 valence electrons. The Labute approximate surface area is 147 Å². The number of hydrogen-bond donors (Lipinski definition) is 1. The Hall–Kier alpha value is -2.98. The molecule has 0 bridgehead atoms. The van der Waals surface area contributed by atoms with E-state index in [0.717, 1.165) is 24.8 Å². The van der Waals surface area contributed by atoms with Gasteiger partial charge in [0.2, 0.25) is 5.91 Å². The lowest BCUT2D eigenvalue weighted by atomic mass is 10.1. The Balaban J connectivity index is 1.59. The molecule has 1 amide bonds. The SMILES string of the molecule is N#Cc1c(NC(=O)Cn2cnc3ccccc3c2=O)sc2c1CCC2. The Morgan fingerprint density at radius 2 is 2.20 bits per heavy atom. The van der Waals surface area contributed by atoms with E-state index in [1.165, 1.54) is 27.1 Å². The second kappa shape index (κ2) is 6.15. The Morgan fingerprint density at radius 1 is 1.36 bits per heavy atom. The summed E-state index contributed by atoms with van der Waals surface area (Å²) in [6.07, 6.45) is 4.28. The average Bonchev–Trinajstić information content (AvgIpc) is 3.18. The highest BCUT2D eigenvalue weighted by molar-refractivity contribution is 7.16. The molecule has 4 rings (SSSR count). The maximum Gasteiger partial charge on any atom is 0.261 e. The summed E-state index contributed by atoms with van der Waals surface area (Å²) >= 11 is 1.46. The van der Waals surface area contributed by atoms with Gasteiger partial charge in [0.15, 0.2) is 0 Å². The second-order valence-electron chi connectivity index (χ2n) is 5.92. The fourth-order valence-electron chi connectivity index (χ4n) is 3.15. The summed E-state index contributed by atoms with van der Waals surface area (Å²) in [6.45, 7) is -0.135. The van der Waals surface area contributed by atoms with Crippen LogP contribution in [0.3, 0.4) is 0 Å². The molecule has 0 atom stereocenters. The first kappa shape index (κ1) is 15.5. The molecule has 0 fully saturated rings. The van der Waals surface area contributed by atoms with Gasteiger partial charge < -0.3 is 5.32 Å². The molecule has 1 aliphatic rings. The predicted molar refractivity (Wildman–Crippen MR) is 95.7 cm³/mol. The number of carbonyl (C=O) groups excluding carboxylic acids is 1. The van der Waals surface area contributed by atoms with Crippen LogP contribution in [0.5, 0.6) is 0 Å². The lowest BCUT2D eigenvalue weighted by Gasteiger charge is -2.07. The molecule has 0 radical (unpaired) electrons. The van der Waals surface area contributed by atoms with Crippen LogP contribution in [0.1, 0.15) is 22.4 Å². The molecule has 0 saturated heterocycles. The van der Waals surface area contributed by atoms with Crippen LogP contribution in [0.4, 0.5) is 5.00 Å². The normalized spacial score (nSPS) is 12.8. The third-order valence-corrected chi connectivity index (χ3v) is 5.54. The molecule has 0 saturated carbocycles. The molecule has 0 spiro atoms. The average molecular weight is 350 g/mol. The molecular weight excluding hydrogens is 336 g/mol. The van der Waals surface area contributed by atoms with Gasteiger partial charge in [-0.1, -0.05) is 12.1 Å². The quantitative estimate of drug-likeness (QED) is 0.786. The van der Waals surface area contributed by atoms with Gasteiger partial charge >= 0.3 is 0 Å². The number of fused-ring (bicyclic) bond motifs is 2. The van der Waals surface area contributed by atoms with Crippen molar-refractivity contribution < 1.29 is 4.79 Å². The highest BCUT2D eigenvalue weighted by Crippen LogP contribution is 2.38. The maximum absolute atomic E-state index is 12.4. The number of nitrogens with zero attached hydrogens (tertiary/aromatic N) is 3. The molecule has 2 aromatic heterocycles. The molecule has 7 heteroatoms. The number of anilines is 1. The van der Waals surface area contributed by atoms with Gasteiger partial charge in [-0.15, -0.1) is 11.3 Å². The number of nitrogens with one attached hydrogen (secondary N) is 1. The van der Waals surface area contributed by atoms with E-state index < -0.39 is 0 Å². The van der Waals surface area contributed by atoms with E-state index >= 15 is 0 Å². The van der Waals surface area contributed by atoms with Gasteiger partial charge in [-0.25, -0.2) is 4.98 Å². The molecule has 6 nitrogen and oxygen atoms in total. The van der Waals surface area contributed by atoms with Crippen LogP contribution >= 0.6 is 11.3 Å². The number of thiophene rings is 1. The van der Waals surface area contributed by atoms with Gasteiger partial charge in [0.25, 0.3) is 5.56 Å². The van der Waals surface area contributed by atoms with Crippen LogP contribution in [0.2, 0.25) is 0 Å². The van der Waals surface area contributed by atoms with Crippen LogP contribution in [-0.2, 0) is 24.2 Å². The van der Waals surface area contributed by atoms with E-state index in [2.05, 4.69) is 16.4 Å². The van der Waals surface area contributed by atoms with E-state index in [9.17, 15) is 14.9 Å². The molecule has 1 aromatic carbocycles. The molecular formula is C18H14N4O2S. The lowest BCUT2D eigenvalue weighted by Crippen LogP contribution is -2.27. The lowest BCUT2D eigenvalue weighted by molar-refractivity contribution is -0.116. The van der Waals surface area contributed by atoms with Gasteiger partial charge in [-0.3, -0.25) is 14.2 Å². The van der Waals surface area contributed by atoms with Crippen molar-refractivity contribution in [1.29, 1.82) is 5.26 Å². The number of carbonyl (C=O) groups is 1. The summed E-state index contributed by atoms with van der Waals surface area (Å²) < 4.78 is 1.28. The standard InChI is InChI=1S/C18H14N4O2S/c19-8-13-11-5-3-7-15(11)25-17(13)21-16(23)9-22-10-20-14-6-2-1-4-12(14)18(22)24/h1-2,4,6,10H,3,5,7,9H2,(H,21,23). The first-order valence-corrected chi connectivity index (χ1v) is 8.77. The molecule has 25 heavy (non-hydrogen) atoms. The predicted octanol–water partition coefficient (Wildman–Crippen LogP) is 2.46. The highest BCUT2D eigenvalue weighted by atomic mass is 32.1. The molecule has 2 heterocycles. The molecule has 1 aliphatic carbocycles. The number of para-hydroxylation sites is 1. The van der Waals surface area contributed by atoms with Gasteiger partial charge in [0, 0.05) is 4.88 Å². The first-order chi connectivity index (χ1) is 12.2. The molecule has 0 unspecified atom stereocenters. The highest BCUT2D eigenvalue weighted by Gasteiger charge is 2.23. The van der Waals surface area contributed by atoms with Crippen molar-refractivity contribution in [2.24, 2.45) is 0 Å². The number of rotatable bonds is 3. The summed E-state index contributed by atoms with van der Waals surface area (Å²) in [6, 6.07) is 9.22. The largest absolute Gasteiger partial charge is 0.315 e. The molecule has 0 aliphatic heterocycles. The topological polar surface area (TPSA) is 87.8 Å². The summed E-state index contributed by atoms with van der Waals surface area (Å²) in [5.41, 5.74) is 1.97.